The van der Waals surface area contributed by atoms with E-state index in [4.69, 9.17) is 0 Å². The molecule has 3 heteroatoms. The summed E-state index contributed by atoms with van der Waals surface area (Å²) in [5, 5.41) is 3.59. The van der Waals surface area contributed by atoms with E-state index in [0.717, 1.165) is 12.6 Å². The van der Waals surface area contributed by atoms with Gasteiger partial charge in [0.15, 0.2) is 0 Å². The van der Waals surface area contributed by atoms with E-state index in [-0.39, 0.29) is 0 Å². The Balaban J connectivity index is 1.60. The molecule has 0 aromatic rings. The lowest BCUT2D eigenvalue weighted by molar-refractivity contribution is 0.229. The first kappa shape index (κ1) is 14.3. The predicted octanol–water partition coefficient (Wildman–Crippen LogP) is 1.93. The van der Waals surface area contributed by atoms with Gasteiger partial charge < -0.3 is 10.2 Å². The maximum Gasteiger partial charge on any atom is 0.0235 e. The van der Waals surface area contributed by atoms with Gasteiger partial charge in [-0.05, 0) is 71.8 Å². The van der Waals surface area contributed by atoms with Crippen molar-refractivity contribution in [3.05, 3.63) is 0 Å². The Labute approximate surface area is 113 Å². The zero-order valence-corrected chi connectivity index (χ0v) is 12.3. The molecule has 18 heavy (non-hydrogen) atoms. The first-order chi connectivity index (χ1) is 8.79. The zero-order valence-electron chi connectivity index (χ0n) is 12.3. The van der Waals surface area contributed by atoms with Crippen LogP contribution in [0.4, 0.5) is 0 Å². The second kappa shape index (κ2) is 7.46. The number of nitrogens with one attached hydrogen (secondary N) is 1. The van der Waals surface area contributed by atoms with E-state index in [1.807, 2.05) is 0 Å². The summed E-state index contributed by atoms with van der Waals surface area (Å²) >= 11 is 0. The summed E-state index contributed by atoms with van der Waals surface area (Å²) in [7, 11) is 0. The van der Waals surface area contributed by atoms with Crippen LogP contribution in [0.5, 0.6) is 0 Å². The summed E-state index contributed by atoms with van der Waals surface area (Å²) < 4.78 is 0. The Morgan fingerprint density at radius 1 is 1.22 bits per heavy atom. The predicted molar refractivity (Wildman–Crippen MR) is 78.0 cm³/mol. The molecule has 2 fully saturated rings. The smallest absolute Gasteiger partial charge is 0.0235 e. The molecule has 2 heterocycles. The van der Waals surface area contributed by atoms with Crippen molar-refractivity contribution in [1.29, 1.82) is 0 Å². The van der Waals surface area contributed by atoms with Gasteiger partial charge in [0.25, 0.3) is 0 Å². The standard InChI is InChI=1S/C15H31N3/c1-3-8-16-14(2)6-11-17-12-7-15(13-17)18-9-4-5-10-18/h14-16H,3-13H2,1-2H3. The van der Waals surface area contributed by atoms with Crippen molar-refractivity contribution in [3.8, 4) is 0 Å². The van der Waals surface area contributed by atoms with Crippen molar-refractivity contribution in [2.24, 2.45) is 0 Å². The van der Waals surface area contributed by atoms with Gasteiger partial charge in [-0.25, -0.2) is 0 Å². The molecule has 0 amide bonds. The van der Waals surface area contributed by atoms with Gasteiger partial charge in [0.2, 0.25) is 0 Å². The van der Waals surface area contributed by atoms with Crippen molar-refractivity contribution in [2.45, 2.75) is 58.0 Å². The van der Waals surface area contributed by atoms with E-state index >= 15 is 0 Å². The molecule has 0 radical (unpaired) electrons. The maximum atomic E-state index is 3.59. The Kier molecular flexibility index (Phi) is 5.93. The fourth-order valence-electron chi connectivity index (χ4n) is 3.29. The van der Waals surface area contributed by atoms with Crippen LogP contribution in [0.25, 0.3) is 0 Å². The molecule has 2 saturated heterocycles. The van der Waals surface area contributed by atoms with Crippen LogP contribution in [0, 0.1) is 0 Å². The third-order valence-electron chi connectivity index (χ3n) is 4.53. The molecule has 1 N–H and O–H groups in total. The molecule has 0 aromatic heterocycles. The van der Waals surface area contributed by atoms with Crippen molar-refractivity contribution in [1.82, 2.24) is 15.1 Å². The summed E-state index contributed by atoms with van der Waals surface area (Å²) in [6.07, 6.45) is 6.79. The van der Waals surface area contributed by atoms with Gasteiger partial charge >= 0.3 is 0 Å². The Hall–Kier alpha value is -0.120. The monoisotopic (exact) mass is 253 g/mol. The number of hydrogen-bond acceptors (Lipinski definition) is 3. The van der Waals surface area contributed by atoms with Crippen LogP contribution in [0.3, 0.4) is 0 Å². The SMILES string of the molecule is CCCNC(C)CCN1CCC(N2CCCC2)C1. The third-order valence-corrected chi connectivity index (χ3v) is 4.53. The molecule has 0 aliphatic carbocycles. The third kappa shape index (κ3) is 4.22. The Bertz CT molecular complexity index is 226. The molecule has 0 saturated carbocycles. The zero-order chi connectivity index (χ0) is 12.8. The molecular weight excluding hydrogens is 222 g/mol. The summed E-state index contributed by atoms with van der Waals surface area (Å²) in [5.74, 6) is 0. The van der Waals surface area contributed by atoms with Crippen LogP contribution in [0.2, 0.25) is 0 Å². The number of likely N-dealkylation sites (tertiary alicyclic amines) is 2. The van der Waals surface area contributed by atoms with E-state index < -0.39 is 0 Å². The van der Waals surface area contributed by atoms with Gasteiger partial charge in [-0.1, -0.05) is 6.92 Å². The molecular formula is C15H31N3. The maximum absolute atomic E-state index is 3.59. The lowest BCUT2D eigenvalue weighted by atomic mass is 10.2. The summed E-state index contributed by atoms with van der Waals surface area (Å²) in [6, 6.07) is 1.54. The summed E-state index contributed by atoms with van der Waals surface area (Å²) in [4.78, 5) is 5.39. The molecule has 3 nitrogen and oxygen atoms in total. The molecule has 2 aliphatic rings. The van der Waals surface area contributed by atoms with Crippen molar-refractivity contribution in [2.75, 3.05) is 39.3 Å². The summed E-state index contributed by atoms with van der Waals surface area (Å²) in [6.45, 7) is 12.4. The van der Waals surface area contributed by atoms with Crippen LogP contribution in [0.15, 0.2) is 0 Å². The normalized spacial score (nSPS) is 28.0. The van der Waals surface area contributed by atoms with Gasteiger partial charge in [0.05, 0.1) is 0 Å². The van der Waals surface area contributed by atoms with E-state index in [9.17, 15) is 0 Å². The van der Waals surface area contributed by atoms with Crippen LogP contribution < -0.4 is 5.32 Å². The topological polar surface area (TPSA) is 18.5 Å². The van der Waals surface area contributed by atoms with E-state index in [1.54, 1.807) is 0 Å². The number of rotatable bonds is 7. The first-order valence-electron chi connectivity index (χ1n) is 7.99. The van der Waals surface area contributed by atoms with Crippen LogP contribution in [-0.4, -0.2) is 61.2 Å². The average molecular weight is 253 g/mol. The first-order valence-corrected chi connectivity index (χ1v) is 7.99. The largest absolute Gasteiger partial charge is 0.314 e. The van der Waals surface area contributed by atoms with Gasteiger partial charge in [-0.15, -0.1) is 0 Å². The highest BCUT2D eigenvalue weighted by molar-refractivity contribution is 4.85. The van der Waals surface area contributed by atoms with Gasteiger partial charge in [-0.3, -0.25) is 4.90 Å². The minimum atomic E-state index is 0.677. The average Bonchev–Trinajstić information content (AvgIpc) is 3.03. The minimum absolute atomic E-state index is 0.677. The van der Waals surface area contributed by atoms with Crippen LogP contribution in [0.1, 0.15) is 46.0 Å². The Morgan fingerprint density at radius 3 is 2.72 bits per heavy atom. The van der Waals surface area contributed by atoms with Gasteiger partial charge in [0, 0.05) is 18.6 Å². The molecule has 2 rings (SSSR count). The lowest BCUT2D eigenvalue weighted by Crippen LogP contribution is -2.36. The lowest BCUT2D eigenvalue weighted by Gasteiger charge is -2.24. The van der Waals surface area contributed by atoms with Crippen molar-refractivity contribution >= 4 is 0 Å². The highest BCUT2D eigenvalue weighted by Gasteiger charge is 2.28. The molecule has 2 aliphatic heterocycles. The van der Waals surface area contributed by atoms with E-state index in [0.29, 0.717) is 6.04 Å². The van der Waals surface area contributed by atoms with E-state index in [1.165, 1.54) is 64.8 Å². The molecule has 0 aromatic carbocycles. The van der Waals surface area contributed by atoms with Gasteiger partial charge in [-0.2, -0.15) is 0 Å². The highest BCUT2D eigenvalue weighted by Crippen LogP contribution is 2.20. The quantitative estimate of drug-likeness (QED) is 0.748. The fraction of sp³-hybridized carbons (Fsp3) is 1.00. The van der Waals surface area contributed by atoms with Gasteiger partial charge in [0.1, 0.15) is 0 Å². The number of hydrogen-bond donors (Lipinski definition) is 1. The van der Waals surface area contributed by atoms with Crippen LogP contribution >= 0.6 is 0 Å². The highest BCUT2D eigenvalue weighted by atomic mass is 15.3. The molecule has 0 bridgehead atoms. The summed E-state index contributed by atoms with van der Waals surface area (Å²) in [5.41, 5.74) is 0. The second-order valence-electron chi connectivity index (χ2n) is 6.13. The molecule has 2 unspecified atom stereocenters. The molecule has 106 valence electrons. The molecule has 0 spiro atoms. The van der Waals surface area contributed by atoms with E-state index in [2.05, 4.69) is 29.0 Å². The number of nitrogens with zero attached hydrogens (tertiary/aromatic N) is 2. The minimum Gasteiger partial charge on any atom is -0.314 e. The van der Waals surface area contributed by atoms with Crippen molar-refractivity contribution in [3.63, 3.8) is 0 Å². The Morgan fingerprint density at radius 2 is 2.00 bits per heavy atom. The molecule has 2 atom stereocenters. The van der Waals surface area contributed by atoms with Crippen LogP contribution in [-0.2, 0) is 0 Å². The fourth-order valence-corrected chi connectivity index (χ4v) is 3.29. The second-order valence-corrected chi connectivity index (χ2v) is 6.13. The van der Waals surface area contributed by atoms with Crippen molar-refractivity contribution < 1.29 is 0 Å².